The number of nitrogens with one attached hydrogen (secondary N) is 1. The van der Waals surface area contributed by atoms with Crippen molar-refractivity contribution in [2.75, 3.05) is 20.2 Å². The molecule has 0 spiro atoms. The molecule has 1 rings (SSSR count). The van der Waals surface area contributed by atoms with Gasteiger partial charge in [-0.3, -0.25) is 4.79 Å². The fourth-order valence-corrected chi connectivity index (χ4v) is 1.98. The van der Waals surface area contributed by atoms with Gasteiger partial charge in [0.1, 0.15) is 11.8 Å². The quantitative estimate of drug-likeness (QED) is 0.347. The van der Waals surface area contributed by atoms with Crippen LogP contribution in [0.25, 0.3) is 10.4 Å². The number of hydrogen-bond acceptors (Lipinski definition) is 4. The Labute approximate surface area is 118 Å². The van der Waals surface area contributed by atoms with E-state index in [2.05, 4.69) is 31.3 Å². The number of ether oxygens (including phenoxy) is 1. The van der Waals surface area contributed by atoms with Crippen molar-refractivity contribution in [3.05, 3.63) is 38.7 Å². The molecule has 0 radical (unpaired) electrons. The molecular formula is C11H13BrN4O3. The van der Waals surface area contributed by atoms with E-state index in [0.29, 0.717) is 15.8 Å². The van der Waals surface area contributed by atoms with E-state index in [1.165, 1.54) is 7.11 Å². The molecule has 1 aromatic carbocycles. The SMILES string of the molecule is COc1ccc(Br)c(C(NCCN=[N+]=[N-])C(=O)O)c1. The monoisotopic (exact) mass is 328 g/mol. The number of carboxylic acids is 1. The van der Waals surface area contributed by atoms with Crippen molar-refractivity contribution in [1.82, 2.24) is 5.32 Å². The summed E-state index contributed by atoms with van der Waals surface area (Å²) in [5, 5.41) is 15.4. The summed E-state index contributed by atoms with van der Waals surface area (Å²) < 4.78 is 5.74. The summed E-state index contributed by atoms with van der Waals surface area (Å²) in [5.41, 5.74) is 8.71. The molecule has 0 aliphatic rings. The Morgan fingerprint density at radius 2 is 2.42 bits per heavy atom. The highest BCUT2D eigenvalue weighted by Crippen LogP contribution is 2.28. The number of methoxy groups -OCH3 is 1. The molecule has 0 heterocycles. The van der Waals surface area contributed by atoms with E-state index < -0.39 is 12.0 Å². The summed E-state index contributed by atoms with van der Waals surface area (Å²) in [4.78, 5) is 13.9. The van der Waals surface area contributed by atoms with E-state index in [1.54, 1.807) is 18.2 Å². The molecule has 1 aromatic rings. The minimum Gasteiger partial charge on any atom is -0.497 e. The summed E-state index contributed by atoms with van der Waals surface area (Å²) >= 11 is 3.31. The Bertz CT molecular complexity index is 503. The first-order valence-corrected chi connectivity index (χ1v) is 6.20. The summed E-state index contributed by atoms with van der Waals surface area (Å²) in [6.45, 7) is 0.451. The molecule has 8 heteroatoms. The molecule has 0 aromatic heterocycles. The maximum absolute atomic E-state index is 11.3. The minimum absolute atomic E-state index is 0.182. The summed E-state index contributed by atoms with van der Waals surface area (Å²) in [5.74, 6) is -0.448. The predicted octanol–water partition coefficient (Wildman–Crippen LogP) is 2.48. The average Bonchev–Trinajstić information content (AvgIpc) is 2.40. The van der Waals surface area contributed by atoms with Gasteiger partial charge < -0.3 is 15.2 Å². The molecule has 0 bridgehead atoms. The van der Waals surface area contributed by atoms with Crippen LogP contribution in [-0.2, 0) is 4.79 Å². The molecule has 1 atom stereocenters. The van der Waals surface area contributed by atoms with Gasteiger partial charge in [-0.1, -0.05) is 21.0 Å². The minimum atomic E-state index is -1.02. The number of carboxylic acid groups (broad SMARTS) is 1. The molecule has 0 saturated heterocycles. The van der Waals surface area contributed by atoms with Crippen LogP contribution < -0.4 is 10.1 Å². The second-order valence-corrected chi connectivity index (χ2v) is 4.42. The van der Waals surface area contributed by atoms with Crippen molar-refractivity contribution in [2.24, 2.45) is 5.11 Å². The van der Waals surface area contributed by atoms with Crippen LogP contribution in [0.1, 0.15) is 11.6 Å². The standard InChI is InChI=1S/C11H13BrN4O3/c1-19-7-2-3-9(12)8(6-7)10(11(17)18)14-4-5-15-16-13/h2-3,6,10,14H,4-5H2,1H3,(H,17,18). The van der Waals surface area contributed by atoms with Crippen LogP contribution in [-0.4, -0.2) is 31.3 Å². The molecule has 0 aliphatic heterocycles. The number of carbonyl (C=O) groups is 1. The molecule has 0 amide bonds. The van der Waals surface area contributed by atoms with Crippen molar-refractivity contribution < 1.29 is 14.6 Å². The highest BCUT2D eigenvalue weighted by molar-refractivity contribution is 9.10. The predicted molar refractivity (Wildman–Crippen MR) is 73.1 cm³/mol. The molecule has 0 saturated carbocycles. The van der Waals surface area contributed by atoms with Crippen LogP contribution in [0, 0.1) is 0 Å². The zero-order valence-electron chi connectivity index (χ0n) is 10.2. The first kappa shape index (κ1) is 15.3. The normalized spacial score (nSPS) is 11.5. The van der Waals surface area contributed by atoms with E-state index in [1.807, 2.05) is 0 Å². The lowest BCUT2D eigenvalue weighted by atomic mass is 10.1. The van der Waals surface area contributed by atoms with Crippen LogP contribution in [0.3, 0.4) is 0 Å². The van der Waals surface area contributed by atoms with Crippen molar-refractivity contribution >= 4 is 21.9 Å². The number of rotatable bonds is 7. The van der Waals surface area contributed by atoms with Gasteiger partial charge in [0, 0.05) is 22.5 Å². The third kappa shape index (κ3) is 4.44. The zero-order valence-corrected chi connectivity index (χ0v) is 11.8. The fourth-order valence-electron chi connectivity index (χ4n) is 1.50. The van der Waals surface area contributed by atoms with Gasteiger partial charge in [-0.05, 0) is 29.3 Å². The van der Waals surface area contributed by atoms with Crippen LogP contribution in [0.5, 0.6) is 5.75 Å². The molecule has 0 fully saturated rings. The van der Waals surface area contributed by atoms with E-state index in [9.17, 15) is 9.90 Å². The molecule has 102 valence electrons. The summed E-state index contributed by atoms with van der Waals surface area (Å²) in [7, 11) is 1.51. The van der Waals surface area contributed by atoms with Gasteiger partial charge in [0.15, 0.2) is 0 Å². The number of halogens is 1. The molecule has 2 N–H and O–H groups in total. The third-order valence-electron chi connectivity index (χ3n) is 2.38. The van der Waals surface area contributed by atoms with Gasteiger partial charge in [-0.15, -0.1) is 0 Å². The Kier molecular flexibility index (Phi) is 6.14. The number of nitrogens with zero attached hydrogens (tertiary/aromatic N) is 3. The number of benzene rings is 1. The van der Waals surface area contributed by atoms with Crippen LogP contribution in [0.2, 0.25) is 0 Å². The zero-order chi connectivity index (χ0) is 14.3. The lowest BCUT2D eigenvalue weighted by Crippen LogP contribution is -2.30. The van der Waals surface area contributed by atoms with Gasteiger partial charge in [0.25, 0.3) is 0 Å². The van der Waals surface area contributed by atoms with Crippen LogP contribution >= 0.6 is 15.9 Å². The van der Waals surface area contributed by atoms with Crippen molar-refractivity contribution in [2.45, 2.75) is 6.04 Å². The largest absolute Gasteiger partial charge is 0.497 e. The molecule has 7 nitrogen and oxygen atoms in total. The number of azide groups is 1. The van der Waals surface area contributed by atoms with Crippen LogP contribution in [0.15, 0.2) is 27.8 Å². The molecule has 19 heavy (non-hydrogen) atoms. The van der Waals surface area contributed by atoms with E-state index in [0.717, 1.165) is 0 Å². The smallest absolute Gasteiger partial charge is 0.325 e. The third-order valence-corrected chi connectivity index (χ3v) is 3.11. The molecule has 0 aliphatic carbocycles. The van der Waals surface area contributed by atoms with Gasteiger partial charge in [0.05, 0.1) is 7.11 Å². The first-order chi connectivity index (χ1) is 9.10. The van der Waals surface area contributed by atoms with Crippen LogP contribution in [0.4, 0.5) is 0 Å². The fraction of sp³-hybridized carbons (Fsp3) is 0.364. The summed E-state index contributed by atoms with van der Waals surface area (Å²) in [6, 6.07) is 4.19. The first-order valence-electron chi connectivity index (χ1n) is 5.40. The number of aliphatic carboxylic acids is 1. The van der Waals surface area contributed by atoms with Crippen molar-refractivity contribution in [3.8, 4) is 5.75 Å². The van der Waals surface area contributed by atoms with E-state index >= 15 is 0 Å². The van der Waals surface area contributed by atoms with Crippen molar-refractivity contribution in [1.29, 1.82) is 0 Å². The van der Waals surface area contributed by atoms with E-state index in [-0.39, 0.29) is 13.1 Å². The van der Waals surface area contributed by atoms with Gasteiger partial charge in [-0.2, -0.15) is 0 Å². The summed E-state index contributed by atoms with van der Waals surface area (Å²) in [6.07, 6.45) is 0. The van der Waals surface area contributed by atoms with Gasteiger partial charge >= 0.3 is 5.97 Å². The Hall–Kier alpha value is -1.76. The molecule has 1 unspecified atom stereocenters. The lowest BCUT2D eigenvalue weighted by molar-refractivity contribution is -0.139. The topological polar surface area (TPSA) is 107 Å². The second-order valence-electron chi connectivity index (χ2n) is 3.57. The average molecular weight is 329 g/mol. The Morgan fingerprint density at radius 3 is 3.00 bits per heavy atom. The maximum atomic E-state index is 11.3. The van der Waals surface area contributed by atoms with Gasteiger partial charge in [0.2, 0.25) is 0 Å². The highest BCUT2D eigenvalue weighted by atomic mass is 79.9. The Balaban J connectivity index is 2.91. The number of hydrogen-bond donors (Lipinski definition) is 2. The second kappa shape index (κ2) is 7.63. The maximum Gasteiger partial charge on any atom is 0.325 e. The highest BCUT2D eigenvalue weighted by Gasteiger charge is 2.21. The van der Waals surface area contributed by atoms with Gasteiger partial charge in [-0.25, -0.2) is 0 Å². The molecular weight excluding hydrogens is 316 g/mol. The Morgan fingerprint density at radius 1 is 1.68 bits per heavy atom. The van der Waals surface area contributed by atoms with E-state index in [4.69, 9.17) is 10.3 Å². The lowest BCUT2D eigenvalue weighted by Gasteiger charge is -2.16. The van der Waals surface area contributed by atoms with Crippen molar-refractivity contribution in [3.63, 3.8) is 0 Å².